The molecule has 0 N–H and O–H groups in total. The van der Waals surface area contributed by atoms with Gasteiger partial charge in [0.1, 0.15) is 0 Å². The topological polar surface area (TPSA) is 45.7 Å². The molecule has 0 unspecified atom stereocenters. The summed E-state index contributed by atoms with van der Waals surface area (Å²) in [6.45, 7) is 3.05. The minimum Gasteiger partial charge on any atom is -0.469 e. The maximum Gasteiger partial charge on any atom is 0.305 e. The fourth-order valence-electron chi connectivity index (χ4n) is 3.36. The standard InChI is InChI=1S/C17H27N3O2/c1-19(2)16-8-10-20(12-14-5-4-9-18-11-14)13-15(16)6-7-17(21)22-3/h4-5,9,11,15-16H,6-8,10,12-13H2,1-3H3/t15-,16+/m0/s1. The van der Waals surface area contributed by atoms with Crippen LogP contribution in [0.1, 0.15) is 24.8 Å². The molecule has 2 heterocycles. The second-order valence-corrected chi connectivity index (χ2v) is 6.29. The van der Waals surface area contributed by atoms with Gasteiger partial charge >= 0.3 is 5.97 Å². The predicted molar refractivity (Wildman–Crippen MR) is 86.3 cm³/mol. The van der Waals surface area contributed by atoms with Crippen LogP contribution in [-0.2, 0) is 16.1 Å². The summed E-state index contributed by atoms with van der Waals surface area (Å²) in [5.74, 6) is 0.390. The zero-order chi connectivity index (χ0) is 15.9. The van der Waals surface area contributed by atoms with Crippen molar-refractivity contribution in [2.45, 2.75) is 31.8 Å². The van der Waals surface area contributed by atoms with Crippen LogP contribution in [0.25, 0.3) is 0 Å². The van der Waals surface area contributed by atoms with Crippen LogP contribution in [0.5, 0.6) is 0 Å². The van der Waals surface area contributed by atoms with Gasteiger partial charge in [0, 0.05) is 37.9 Å². The molecule has 1 aromatic rings. The molecule has 0 amide bonds. The fraction of sp³-hybridized carbons (Fsp3) is 0.647. The number of likely N-dealkylation sites (tertiary alicyclic amines) is 1. The number of ether oxygens (including phenoxy) is 1. The van der Waals surface area contributed by atoms with Gasteiger partial charge in [0.25, 0.3) is 0 Å². The van der Waals surface area contributed by atoms with Crippen LogP contribution in [0, 0.1) is 5.92 Å². The monoisotopic (exact) mass is 305 g/mol. The Hall–Kier alpha value is -1.46. The average Bonchev–Trinajstić information content (AvgIpc) is 2.53. The van der Waals surface area contributed by atoms with Crippen molar-refractivity contribution in [3.05, 3.63) is 30.1 Å². The molecular weight excluding hydrogens is 278 g/mol. The van der Waals surface area contributed by atoms with Crippen molar-refractivity contribution >= 4 is 5.97 Å². The Bertz CT molecular complexity index is 464. The van der Waals surface area contributed by atoms with Crippen LogP contribution < -0.4 is 0 Å². The molecule has 1 aliphatic heterocycles. The number of rotatable bonds is 6. The summed E-state index contributed by atoms with van der Waals surface area (Å²) >= 11 is 0. The summed E-state index contributed by atoms with van der Waals surface area (Å²) in [6.07, 6.45) is 6.27. The van der Waals surface area contributed by atoms with Gasteiger partial charge in [-0.15, -0.1) is 0 Å². The molecule has 5 nitrogen and oxygen atoms in total. The molecular formula is C17H27N3O2. The van der Waals surface area contributed by atoms with Gasteiger partial charge < -0.3 is 9.64 Å². The number of methoxy groups -OCH3 is 1. The van der Waals surface area contributed by atoms with Crippen LogP contribution in [0.2, 0.25) is 0 Å². The van der Waals surface area contributed by atoms with Gasteiger partial charge in [-0.25, -0.2) is 0 Å². The number of aromatic nitrogens is 1. The number of hydrogen-bond donors (Lipinski definition) is 0. The maximum atomic E-state index is 11.4. The van der Waals surface area contributed by atoms with Crippen LogP contribution >= 0.6 is 0 Å². The highest BCUT2D eigenvalue weighted by molar-refractivity contribution is 5.69. The molecule has 0 aliphatic carbocycles. The molecule has 1 aromatic heterocycles. The second kappa shape index (κ2) is 8.25. The molecule has 22 heavy (non-hydrogen) atoms. The Morgan fingerprint density at radius 3 is 2.95 bits per heavy atom. The first kappa shape index (κ1) is 16.9. The number of hydrogen-bond acceptors (Lipinski definition) is 5. The van der Waals surface area contributed by atoms with Crippen LogP contribution in [0.4, 0.5) is 0 Å². The minimum atomic E-state index is -0.109. The Morgan fingerprint density at radius 1 is 1.50 bits per heavy atom. The molecule has 2 rings (SSSR count). The summed E-state index contributed by atoms with van der Waals surface area (Å²) in [5.41, 5.74) is 1.25. The Balaban J connectivity index is 1.94. The molecule has 2 atom stereocenters. The van der Waals surface area contributed by atoms with Gasteiger partial charge in [-0.05, 0) is 51.0 Å². The lowest BCUT2D eigenvalue weighted by atomic mass is 9.87. The number of nitrogens with zero attached hydrogens (tertiary/aromatic N) is 3. The molecule has 5 heteroatoms. The van der Waals surface area contributed by atoms with Gasteiger partial charge in [-0.2, -0.15) is 0 Å². The molecule has 1 aliphatic rings. The second-order valence-electron chi connectivity index (χ2n) is 6.29. The van der Waals surface area contributed by atoms with E-state index >= 15 is 0 Å². The quantitative estimate of drug-likeness (QED) is 0.750. The van der Waals surface area contributed by atoms with E-state index in [-0.39, 0.29) is 5.97 Å². The summed E-state index contributed by atoms with van der Waals surface area (Å²) in [7, 11) is 5.72. The highest BCUT2D eigenvalue weighted by Gasteiger charge is 2.30. The number of carbonyl (C=O) groups excluding carboxylic acids is 1. The Kier molecular flexibility index (Phi) is 6.34. The van der Waals surface area contributed by atoms with Crippen molar-refractivity contribution in [2.24, 2.45) is 5.92 Å². The fourth-order valence-corrected chi connectivity index (χ4v) is 3.36. The van der Waals surface area contributed by atoms with E-state index in [0.29, 0.717) is 18.4 Å². The van der Waals surface area contributed by atoms with E-state index in [4.69, 9.17) is 4.74 Å². The van der Waals surface area contributed by atoms with E-state index in [1.54, 1.807) is 6.20 Å². The third-order valence-electron chi connectivity index (χ3n) is 4.52. The van der Waals surface area contributed by atoms with E-state index in [1.165, 1.54) is 12.7 Å². The van der Waals surface area contributed by atoms with Crippen molar-refractivity contribution in [1.29, 1.82) is 0 Å². The smallest absolute Gasteiger partial charge is 0.305 e. The number of carbonyl (C=O) groups is 1. The summed E-state index contributed by atoms with van der Waals surface area (Å²) in [4.78, 5) is 20.4. The molecule has 1 fully saturated rings. The molecule has 122 valence electrons. The molecule has 0 aromatic carbocycles. The van der Waals surface area contributed by atoms with E-state index < -0.39 is 0 Å². The summed E-state index contributed by atoms with van der Waals surface area (Å²) < 4.78 is 4.79. The summed E-state index contributed by atoms with van der Waals surface area (Å²) in [6, 6.07) is 4.64. The first-order chi connectivity index (χ1) is 10.6. The highest BCUT2D eigenvalue weighted by atomic mass is 16.5. The van der Waals surface area contributed by atoms with Crippen LogP contribution in [0.15, 0.2) is 24.5 Å². The SMILES string of the molecule is COC(=O)CC[C@H]1CN(Cc2cccnc2)CC[C@H]1N(C)C. The Morgan fingerprint density at radius 2 is 2.32 bits per heavy atom. The van der Waals surface area contributed by atoms with E-state index in [1.807, 2.05) is 12.3 Å². The first-order valence-electron chi connectivity index (χ1n) is 7.94. The van der Waals surface area contributed by atoms with Gasteiger partial charge in [-0.1, -0.05) is 6.07 Å². The minimum absolute atomic E-state index is 0.109. The van der Waals surface area contributed by atoms with E-state index in [9.17, 15) is 4.79 Å². The first-order valence-corrected chi connectivity index (χ1v) is 7.94. The van der Waals surface area contributed by atoms with Gasteiger partial charge in [0.15, 0.2) is 0 Å². The highest BCUT2D eigenvalue weighted by Crippen LogP contribution is 2.26. The van der Waals surface area contributed by atoms with E-state index in [0.717, 1.165) is 32.5 Å². The number of esters is 1. The van der Waals surface area contributed by atoms with Gasteiger partial charge in [0.05, 0.1) is 7.11 Å². The van der Waals surface area contributed by atoms with Crippen molar-refractivity contribution < 1.29 is 9.53 Å². The predicted octanol–water partition coefficient (Wildman–Crippen LogP) is 1.79. The molecule has 0 bridgehead atoms. The third-order valence-corrected chi connectivity index (χ3v) is 4.52. The maximum absolute atomic E-state index is 11.4. The normalized spacial score (nSPS) is 22.7. The Labute approximate surface area is 133 Å². The van der Waals surface area contributed by atoms with Crippen molar-refractivity contribution in [3.63, 3.8) is 0 Å². The van der Waals surface area contributed by atoms with Crippen LogP contribution in [0.3, 0.4) is 0 Å². The van der Waals surface area contributed by atoms with Gasteiger partial charge in [0.2, 0.25) is 0 Å². The van der Waals surface area contributed by atoms with Crippen LogP contribution in [-0.4, -0.2) is 61.1 Å². The number of pyridine rings is 1. The zero-order valence-electron chi connectivity index (χ0n) is 13.9. The van der Waals surface area contributed by atoms with E-state index in [2.05, 4.69) is 34.9 Å². The van der Waals surface area contributed by atoms with Crippen molar-refractivity contribution in [2.75, 3.05) is 34.3 Å². The zero-order valence-corrected chi connectivity index (χ0v) is 13.9. The van der Waals surface area contributed by atoms with Gasteiger partial charge in [-0.3, -0.25) is 14.7 Å². The summed E-state index contributed by atoms with van der Waals surface area (Å²) in [5, 5.41) is 0. The lowest BCUT2D eigenvalue weighted by Gasteiger charge is -2.41. The molecule has 0 saturated carbocycles. The molecule has 1 saturated heterocycles. The lowest BCUT2D eigenvalue weighted by molar-refractivity contribution is -0.141. The number of piperidine rings is 1. The lowest BCUT2D eigenvalue weighted by Crippen LogP contribution is -2.48. The molecule has 0 spiro atoms. The van der Waals surface area contributed by atoms with Crippen molar-refractivity contribution in [3.8, 4) is 0 Å². The largest absolute Gasteiger partial charge is 0.469 e. The molecule has 0 radical (unpaired) electrons. The third kappa shape index (κ3) is 4.78. The van der Waals surface area contributed by atoms with Crippen molar-refractivity contribution in [1.82, 2.24) is 14.8 Å². The average molecular weight is 305 g/mol.